The van der Waals surface area contributed by atoms with Gasteiger partial charge in [0.1, 0.15) is 0 Å². The van der Waals surface area contributed by atoms with E-state index in [9.17, 15) is 4.79 Å². The number of rotatable bonds is 3. The molecule has 0 spiro atoms. The average Bonchev–Trinajstić information content (AvgIpc) is 3.07. The molecule has 0 aliphatic carbocycles. The zero-order chi connectivity index (χ0) is 19.4. The van der Waals surface area contributed by atoms with Gasteiger partial charge in [-0.05, 0) is 19.1 Å². The number of carbonyl (C=O) groups is 2. The van der Waals surface area contributed by atoms with Gasteiger partial charge in [-0.1, -0.05) is 0 Å². The molecule has 0 unspecified atom stereocenters. The first-order valence-electron chi connectivity index (χ1n) is 8.56. The molecule has 1 aromatic carbocycles. The highest BCUT2D eigenvalue weighted by Crippen LogP contribution is 2.39. The highest BCUT2D eigenvalue weighted by molar-refractivity contribution is 5.94. The minimum Gasteiger partial charge on any atom is -0.483 e. The predicted molar refractivity (Wildman–Crippen MR) is 99.1 cm³/mol. The Bertz CT molecular complexity index is 849. The first-order valence-corrected chi connectivity index (χ1v) is 8.56. The van der Waals surface area contributed by atoms with Crippen LogP contribution in [0.2, 0.25) is 0 Å². The fourth-order valence-electron chi connectivity index (χ4n) is 3.36. The van der Waals surface area contributed by atoms with Crippen molar-refractivity contribution in [2.45, 2.75) is 6.92 Å². The van der Waals surface area contributed by atoms with Gasteiger partial charge in [-0.2, -0.15) is 0 Å². The van der Waals surface area contributed by atoms with Crippen LogP contribution in [0, 0.1) is 6.92 Å². The molecule has 0 atom stereocenters. The number of piperazine rings is 1. The zero-order valence-electron chi connectivity index (χ0n) is 15.1. The van der Waals surface area contributed by atoms with E-state index in [1.54, 1.807) is 0 Å². The van der Waals surface area contributed by atoms with E-state index in [2.05, 4.69) is 20.9 Å². The first-order chi connectivity index (χ1) is 13.0. The summed E-state index contributed by atoms with van der Waals surface area (Å²) in [5.41, 5.74) is 8.31. The lowest BCUT2D eigenvalue weighted by molar-refractivity contribution is -0.123. The number of ether oxygens (including phenoxy) is 2. The molecule has 2 aliphatic heterocycles. The Labute approximate surface area is 156 Å². The average molecular weight is 374 g/mol. The van der Waals surface area contributed by atoms with Crippen molar-refractivity contribution in [1.29, 1.82) is 0 Å². The molecule has 144 valence electrons. The Hall–Kier alpha value is -3.07. The van der Waals surface area contributed by atoms with Crippen LogP contribution in [0.15, 0.2) is 18.2 Å². The van der Waals surface area contributed by atoms with Crippen LogP contribution >= 0.6 is 0 Å². The fraction of sp³-hybridized carbons (Fsp3) is 0.389. The summed E-state index contributed by atoms with van der Waals surface area (Å²) in [7, 11) is 0. The molecule has 0 radical (unpaired) electrons. The van der Waals surface area contributed by atoms with Crippen molar-refractivity contribution in [2.75, 3.05) is 44.4 Å². The minimum absolute atomic E-state index is 0.250. The number of pyridine rings is 1. The molecule has 1 fully saturated rings. The SMILES string of the molecule is Cc1cc(N2CCN(CC(N)=O)CC2)c2cc3c(cc2n1)OCO3.O=CO. The minimum atomic E-state index is -0.277. The van der Waals surface area contributed by atoms with Crippen LogP contribution in [0.1, 0.15) is 5.69 Å². The number of primary amides is 1. The lowest BCUT2D eigenvalue weighted by Crippen LogP contribution is -2.49. The van der Waals surface area contributed by atoms with Crippen molar-refractivity contribution in [3.05, 3.63) is 23.9 Å². The molecule has 9 nitrogen and oxygen atoms in total. The number of nitrogens with zero attached hydrogens (tertiary/aromatic N) is 3. The second kappa shape index (κ2) is 8.09. The lowest BCUT2D eigenvalue weighted by Gasteiger charge is -2.36. The molecule has 27 heavy (non-hydrogen) atoms. The highest BCUT2D eigenvalue weighted by atomic mass is 16.7. The summed E-state index contributed by atoms with van der Waals surface area (Å²) in [5.74, 6) is 1.24. The number of anilines is 1. The van der Waals surface area contributed by atoms with Crippen molar-refractivity contribution in [1.82, 2.24) is 9.88 Å². The van der Waals surface area contributed by atoms with Crippen LogP contribution in [0.4, 0.5) is 5.69 Å². The van der Waals surface area contributed by atoms with E-state index in [1.165, 1.54) is 0 Å². The summed E-state index contributed by atoms with van der Waals surface area (Å²) >= 11 is 0. The van der Waals surface area contributed by atoms with E-state index in [0.717, 1.165) is 60.0 Å². The second-order valence-corrected chi connectivity index (χ2v) is 6.34. The number of nitrogens with two attached hydrogens (primary N) is 1. The van der Waals surface area contributed by atoms with Crippen molar-refractivity contribution < 1.29 is 24.2 Å². The van der Waals surface area contributed by atoms with Gasteiger partial charge >= 0.3 is 0 Å². The maximum absolute atomic E-state index is 11.1. The first kappa shape index (κ1) is 18.7. The molecule has 1 aromatic heterocycles. The lowest BCUT2D eigenvalue weighted by atomic mass is 10.1. The number of carboxylic acid groups (broad SMARTS) is 1. The molecule has 9 heteroatoms. The molecular formula is C18H22N4O5. The predicted octanol–water partition coefficient (Wildman–Crippen LogP) is 0.580. The summed E-state index contributed by atoms with van der Waals surface area (Å²) in [6.45, 7) is 5.65. The Kier molecular flexibility index (Phi) is 5.60. The van der Waals surface area contributed by atoms with Crippen molar-refractivity contribution in [2.24, 2.45) is 5.73 Å². The molecule has 0 bridgehead atoms. The van der Waals surface area contributed by atoms with Crippen LogP contribution in [-0.2, 0) is 9.59 Å². The maximum Gasteiger partial charge on any atom is 0.290 e. The van der Waals surface area contributed by atoms with Gasteiger partial charge in [0.05, 0.1) is 12.1 Å². The summed E-state index contributed by atoms with van der Waals surface area (Å²) in [6, 6.07) is 6.06. The third-order valence-electron chi connectivity index (χ3n) is 4.50. The number of hydrogen-bond acceptors (Lipinski definition) is 7. The van der Waals surface area contributed by atoms with Crippen LogP contribution in [0.3, 0.4) is 0 Å². The van der Waals surface area contributed by atoms with Crippen LogP contribution in [0.25, 0.3) is 10.9 Å². The zero-order valence-corrected chi connectivity index (χ0v) is 15.1. The molecule has 1 amide bonds. The summed E-state index contributed by atoms with van der Waals surface area (Å²) in [5, 5.41) is 7.95. The number of aromatic nitrogens is 1. The van der Waals surface area contributed by atoms with Gasteiger partial charge in [0, 0.05) is 49.0 Å². The number of hydrogen-bond donors (Lipinski definition) is 2. The topological polar surface area (TPSA) is 118 Å². The van der Waals surface area contributed by atoms with E-state index in [-0.39, 0.29) is 19.2 Å². The molecule has 4 rings (SSSR count). The second-order valence-electron chi connectivity index (χ2n) is 6.34. The Morgan fingerprint density at radius 3 is 2.48 bits per heavy atom. The standard InChI is InChI=1S/C17H20N4O3.CH2O2/c1-11-6-14(21-4-2-20(3-5-21)9-17(18)22)12-7-15-16(24-10-23-15)8-13(12)19-11;2-1-3/h6-8H,2-5,9-10H2,1H3,(H2,18,22);1H,(H,2,3). The number of benzene rings is 1. The number of amides is 1. The van der Waals surface area contributed by atoms with E-state index in [0.29, 0.717) is 6.54 Å². The summed E-state index contributed by atoms with van der Waals surface area (Å²) < 4.78 is 11.0. The molecule has 3 heterocycles. The smallest absolute Gasteiger partial charge is 0.290 e. The molecule has 2 aromatic rings. The summed E-state index contributed by atoms with van der Waals surface area (Å²) in [4.78, 5) is 28.5. The van der Waals surface area contributed by atoms with Gasteiger partial charge in [0.25, 0.3) is 6.47 Å². The van der Waals surface area contributed by atoms with E-state index < -0.39 is 0 Å². The van der Waals surface area contributed by atoms with E-state index in [4.69, 9.17) is 25.1 Å². The third kappa shape index (κ3) is 4.20. The molecule has 3 N–H and O–H groups in total. The van der Waals surface area contributed by atoms with Crippen molar-refractivity contribution in [3.63, 3.8) is 0 Å². The molecular weight excluding hydrogens is 352 g/mol. The highest BCUT2D eigenvalue weighted by Gasteiger charge is 2.22. The van der Waals surface area contributed by atoms with Crippen LogP contribution in [0.5, 0.6) is 11.5 Å². The van der Waals surface area contributed by atoms with Gasteiger partial charge in [-0.3, -0.25) is 19.5 Å². The van der Waals surface area contributed by atoms with Crippen molar-refractivity contribution in [3.8, 4) is 11.5 Å². The normalized spacial score (nSPS) is 16.0. The number of fused-ring (bicyclic) bond motifs is 2. The molecule has 2 aliphatic rings. The Balaban J connectivity index is 0.000000659. The van der Waals surface area contributed by atoms with Crippen LogP contribution < -0.4 is 20.1 Å². The third-order valence-corrected chi connectivity index (χ3v) is 4.50. The van der Waals surface area contributed by atoms with Gasteiger partial charge in [0.15, 0.2) is 11.5 Å². The van der Waals surface area contributed by atoms with E-state index >= 15 is 0 Å². The van der Waals surface area contributed by atoms with Gasteiger partial charge in [-0.15, -0.1) is 0 Å². The van der Waals surface area contributed by atoms with Gasteiger partial charge in [-0.25, -0.2) is 0 Å². The quantitative estimate of drug-likeness (QED) is 0.749. The molecule has 1 saturated heterocycles. The number of aryl methyl sites for hydroxylation is 1. The molecule has 0 saturated carbocycles. The fourth-order valence-corrected chi connectivity index (χ4v) is 3.36. The van der Waals surface area contributed by atoms with Gasteiger partial charge in [0.2, 0.25) is 12.7 Å². The monoisotopic (exact) mass is 374 g/mol. The van der Waals surface area contributed by atoms with Gasteiger partial charge < -0.3 is 25.2 Å². The largest absolute Gasteiger partial charge is 0.483 e. The van der Waals surface area contributed by atoms with E-state index in [1.807, 2.05) is 19.1 Å². The van der Waals surface area contributed by atoms with Crippen molar-refractivity contribution >= 4 is 29.0 Å². The van der Waals surface area contributed by atoms with Crippen LogP contribution in [-0.4, -0.2) is 66.9 Å². The Morgan fingerprint density at radius 2 is 1.85 bits per heavy atom. The summed E-state index contributed by atoms with van der Waals surface area (Å²) in [6.07, 6.45) is 0. The number of carbonyl (C=O) groups excluding carboxylic acids is 1. The Morgan fingerprint density at radius 1 is 1.22 bits per heavy atom. The maximum atomic E-state index is 11.1.